The fraction of sp³-hybridized carbons (Fsp3) is 0.214. The van der Waals surface area contributed by atoms with Crippen LogP contribution in [-0.2, 0) is 0 Å². The van der Waals surface area contributed by atoms with Crippen LogP contribution < -0.4 is 10.1 Å². The lowest BCUT2D eigenvalue weighted by Gasteiger charge is -2.14. The van der Waals surface area contributed by atoms with Crippen LogP contribution in [0.5, 0.6) is 5.75 Å². The lowest BCUT2D eigenvalue weighted by Crippen LogP contribution is -2.05. The van der Waals surface area contributed by atoms with Gasteiger partial charge in [-0.2, -0.15) is 16.6 Å². The first-order valence-corrected chi connectivity index (χ1v) is 6.62. The zero-order valence-corrected chi connectivity index (χ0v) is 10.9. The molecule has 18 heavy (non-hydrogen) atoms. The lowest BCUT2D eigenvalue weighted by molar-refractivity contribution is 0.368. The van der Waals surface area contributed by atoms with Gasteiger partial charge in [-0.15, -0.1) is 0 Å². The molecule has 1 N–H and O–H groups in total. The monoisotopic (exact) mass is 258 g/mol. The van der Waals surface area contributed by atoms with Gasteiger partial charge in [0, 0.05) is 17.1 Å². The van der Waals surface area contributed by atoms with E-state index in [-0.39, 0.29) is 12.6 Å². The largest absolute Gasteiger partial charge is 0.479 e. The standard InChI is InChI=1S/C14H14N2OS/c1-11(16-13-6-9-18-10-13)12-2-4-14(5-3-12)17-8-7-15/h2-6,9-11,16H,8H2,1H3. The number of nitrogens with zero attached hydrogens (tertiary/aromatic N) is 1. The van der Waals surface area contributed by atoms with E-state index in [0.29, 0.717) is 0 Å². The Morgan fingerprint density at radius 1 is 1.33 bits per heavy atom. The zero-order chi connectivity index (χ0) is 12.8. The third-order valence-electron chi connectivity index (χ3n) is 2.59. The average molecular weight is 258 g/mol. The molecule has 0 bridgehead atoms. The molecule has 1 aromatic heterocycles. The highest BCUT2D eigenvalue weighted by atomic mass is 32.1. The smallest absolute Gasteiger partial charge is 0.174 e. The van der Waals surface area contributed by atoms with Crippen molar-refractivity contribution in [3.63, 3.8) is 0 Å². The average Bonchev–Trinajstić information content (AvgIpc) is 2.89. The van der Waals surface area contributed by atoms with Crippen molar-refractivity contribution in [1.82, 2.24) is 0 Å². The highest BCUT2D eigenvalue weighted by Gasteiger charge is 2.05. The summed E-state index contributed by atoms with van der Waals surface area (Å²) in [6, 6.07) is 12.0. The first-order chi connectivity index (χ1) is 8.79. The fourth-order valence-electron chi connectivity index (χ4n) is 1.65. The van der Waals surface area contributed by atoms with Gasteiger partial charge >= 0.3 is 0 Å². The summed E-state index contributed by atoms with van der Waals surface area (Å²) in [5.41, 5.74) is 2.32. The molecule has 1 atom stereocenters. The first kappa shape index (κ1) is 12.5. The summed E-state index contributed by atoms with van der Waals surface area (Å²) in [6.07, 6.45) is 0. The molecule has 0 amide bonds. The van der Waals surface area contributed by atoms with Gasteiger partial charge in [0.25, 0.3) is 0 Å². The van der Waals surface area contributed by atoms with Crippen molar-refractivity contribution in [3.05, 3.63) is 46.7 Å². The molecule has 1 aromatic carbocycles. The van der Waals surface area contributed by atoms with E-state index in [1.807, 2.05) is 35.7 Å². The number of anilines is 1. The number of benzene rings is 1. The highest BCUT2D eigenvalue weighted by molar-refractivity contribution is 7.08. The number of hydrogen-bond acceptors (Lipinski definition) is 4. The van der Waals surface area contributed by atoms with Crippen molar-refractivity contribution in [2.24, 2.45) is 0 Å². The SMILES string of the molecule is CC(Nc1ccsc1)c1ccc(OCC#N)cc1. The maximum atomic E-state index is 8.43. The molecule has 0 aliphatic rings. The van der Waals surface area contributed by atoms with Crippen LogP contribution in [0.4, 0.5) is 5.69 Å². The summed E-state index contributed by atoms with van der Waals surface area (Å²) in [6.45, 7) is 2.20. The molecule has 92 valence electrons. The van der Waals surface area contributed by atoms with Crippen molar-refractivity contribution in [2.75, 3.05) is 11.9 Å². The van der Waals surface area contributed by atoms with E-state index < -0.39 is 0 Å². The minimum absolute atomic E-state index is 0.0854. The molecule has 0 fully saturated rings. The summed E-state index contributed by atoms with van der Waals surface area (Å²) >= 11 is 1.68. The van der Waals surface area contributed by atoms with Crippen LogP contribution in [0, 0.1) is 11.3 Å². The normalized spacial score (nSPS) is 11.6. The van der Waals surface area contributed by atoms with Gasteiger partial charge in [0.15, 0.2) is 6.61 Å². The van der Waals surface area contributed by atoms with E-state index in [4.69, 9.17) is 10.00 Å². The first-order valence-electron chi connectivity index (χ1n) is 5.68. The molecule has 0 aliphatic heterocycles. The molecule has 0 saturated carbocycles. The van der Waals surface area contributed by atoms with Crippen molar-refractivity contribution in [3.8, 4) is 11.8 Å². The van der Waals surface area contributed by atoms with E-state index in [1.165, 1.54) is 5.56 Å². The minimum atomic E-state index is 0.0854. The van der Waals surface area contributed by atoms with Gasteiger partial charge in [-0.1, -0.05) is 12.1 Å². The Balaban J connectivity index is 1.98. The lowest BCUT2D eigenvalue weighted by atomic mass is 10.1. The predicted molar refractivity (Wildman–Crippen MR) is 73.9 cm³/mol. The van der Waals surface area contributed by atoms with Crippen molar-refractivity contribution < 1.29 is 4.74 Å². The number of thiophene rings is 1. The van der Waals surface area contributed by atoms with Crippen LogP contribution in [0.2, 0.25) is 0 Å². The Morgan fingerprint density at radius 2 is 2.11 bits per heavy atom. The van der Waals surface area contributed by atoms with E-state index in [0.717, 1.165) is 11.4 Å². The highest BCUT2D eigenvalue weighted by Crippen LogP contribution is 2.22. The van der Waals surface area contributed by atoms with Crippen molar-refractivity contribution in [2.45, 2.75) is 13.0 Å². The number of ether oxygens (including phenoxy) is 1. The number of rotatable bonds is 5. The molecular formula is C14H14N2OS. The summed E-state index contributed by atoms with van der Waals surface area (Å²) in [5.74, 6) is 0.725. The van der Waals surface area contributed by atoms with Crippen LogP contribution in [0.1, 0.15) is 18.5 Å². The molecule has 2 aromatic rings. The molecule has 0 spiro atoms. The second-order valence-electron chi connectivity index (χ2n) is 3.89. The quantitative estimate of drug-likeness (QED) is 0.886. The molecular weight excluding hydrogens is 244 g/mol. The van der Waals surface area contributed by atoms with Crippen LogP contribution in [0.3, 0.4) is 0 Å². The summed E-state index contributed by atoms with van der Waals surface area (Å²) in [5, 5.41) is 16.0. The van der Waals surface area contributed by atoms with Crippen LogP contribution >= 0.6 is 11.3 Å². The number of nitriles is 1. The van der Waals surface area contributed by atoms with Crippen LogP contribution in [0.15, 0.2) is 41.1 Å². The van der Waals surface area contributed by atoms with Gasteiger partial charge in [0.05, 0.1) is 0 Å². The van der Waals surface area contributed by atoms with Gasteiger partial charge < -0.3 is 10.1 Å². The second-order valence-corrected chi connectivity index (χ2v) is 4.67. The second kappa shape index (κ2) is 6.08. The molecule has 0 radical (unpaired) electrons. The predicted octanol–water partition coefficient (Wildman–Crippen LogP) is 3.82. The Bertz CT molecular complexity index is 514. The summed E-state index contributed by atoms with van der Waals surface area (Å²) < 4.78 is 5.22. The van der Waals surface area contributed by atoms with Crippen molar-refractivity contribution >= 4 is 17.0 Å². The van der Waals surface area contributed by atoms with Gasteiger partial charge in [-0.3, -0.25) is 0 Å². The molecule has 0 aliphatic carbocycles. The molecule has 1 unspecified atom stereocenters. The third-order valence-corrected chi connectivity index (χ3v) is 3.27. The Kier molecular flexibility index (Phi) is 4.21. The molecule has 4 heteroatoms. The van der Waals surface area contributed by atoms with E-state index in [1.54, 1.807) is 11.3 Å². The number of nitrogens with one attached hydrogen (secondary N) is 1. The van der Waals surface area contributed by atoms with Crippen LogP contribution in [0.25, 0.3) is 0 Å². The molecule has 1 heterocycles. The van der Waals surface area contributed by atoms with E-state index in [9.17, 15) is 0 Å². The molecule has 0 saturated heterocycles. The Hall–Kier alpha value is -1.99. The van der Waals surface area contributed by atoms with E-state index >= 15 is 0 Å². The Labute approximate surface area is 111 Å². The van der Waals surface area contributed by atoms with Crippen molar-refractivity contribution in [1.29, 1.82) is 5.26 Å². The van der Waals surface area contributed by atoms with Gasteiger partial charge in [-0.05, 0) is 36.1 Å². The topological polar surface area (TPSA) is 45.0 Å². The zero-order valence-electron chi connectivity index (χ0n) is 10.1. The Morgan fingerprint density at radius 3 is 2.72 bits per heavy atom. The molecule has 3 nitrogen and oxygen atoms in total. The maximum Gasteiger partial charge on any atom is 0.174 e. The fourth-order valence-corrected chi connectivity index (χ4v) is 2.25. The summed E-state index contributed by atoms with van der Waals surface area (Å²) in [4.78, 5) is 0. The van der Waals surface area contributed by atoms with Gasteiger partial charge in [0.2, 0.25) is 0 Å². The molecule has 2 rings (SSSR count). The summed E-state index contributed by atoms with van der Waals surface area (Å²) in [7, 11) is 0. The third kappa shape index (κ3) is 3.25. The van der Waals surface area contributed by atoms with Gasteiger partial charge in [0.1, 0.15) is 11.8 Å². The number of hydrogen-bond donors (Lipinski definition) is 1. The van der Waals surface area contributed by atoms with E-state index in [2.05, 4.69) is 23.7 Å². The van der Waals surface area contributed by atoms with Gasteiger partial charge in [-0.25, -0.2) is 0 Å². The maximum absolute atomic E-state index is 8.43. The van der Waals surface area contributed by atoms with Crippen LogP contribution in [-0.4, -0.2) is 6.61 Å². The minimum Gasteiger partial charge on any atom is -0.479 e.